The van der Waals surface area contributed by atoms with Gasteiger partial charge in [-0.05, 0) is 13.0 Å². The van der Waals surface area contributed by atoms with E-state index in [0.29, 0.717) is 29.0 Å². The van der Waals surface area contributed by atoms with Crippen molar-refractivity contribution >= 4 is 23.4 Å². The molecule has 8 heteroatoms. The lowest BCUT2D eigenvalue weighted by Gasteiger charge is -2.12. The predicted octanol–water partition coefficient (Wildman–Crippen LogP) is 2.90. The standard InChI is InChI=1S/C19H20ClN7/c1-13(24-18(26-21)14-7-3-2-4-8-14)11-22-19-25-17(12-23-27-19)15-9-5-6-10-16(15)20/h2-10,12-13H,11,21H2,1H3,(H,24,26)(H,22,25,27). The Balaban J connectivity index is 1.69. The largest absolute Gasteiger partial charge is 0.351 e. The van der Waals surface area contributed by atoms with Crippen molar-refractivity contribution in [2.45, 2.75) is 13.0 Å². The zero-order valence-electron chi connectivity index (χ0n) is 14.8. The van der Waals surface area contributed by atoms with E-state index in [-0.39, 0.29) is 6.04 Å². The molecule has 4 N–H and O–H groups in total. The summed E-state index contributed by atoms with van der Waals surface area (Å²) < 4.78 is 0. The zero-order chi connectivity index (χ0) is 19.1. The number of nitrogens with zero attached hydrogens (tertiary/aromatic N) is 4. The Hall–Kier alpha value is -3.03. The highest BCUT2D eigenvalue weighted by atomic mass is 35.5. The molecule has 0 saturated carbocycles. The number of aliphatic imine (C=N–C) groups is 1. The molecule has 0 bridgehead atoms. The van der Waals surface area contributed by atoms with Crippen LogP contribution in [0.5, 0.6) is 0 Å². The second-order valence-corrected chi connectivity index (χ2v) is 6.27. The van der Waals surface area contributed by atoms with Crippen molar-refractivity contribution in [2.24, 2.45) is 10.8 Å². The van der Waals surface area contributed by atoms with Gasteiger partial charge in [-0.25, -0.2) is 10.8 Å². The minimum absolute atomic E-state index is 0.0659. The third kappa shape index (κ3) is 4.99. The average molecular weight is 382 g/mol. The van der Waals surface area contributed by atoms with E-state index >= 15 is 0 Å². The Morgan fingerprint density at radius 3 is 2.63 bits per heavy atom. The summed E-state index contributed by atoms with van der Waals surface area (Å²) >= 11 is 6.22. The molecular formula is C19H20ClN7. The number of aromatic nitrogens is 3. The summed E-state index contributed by atoms with van der Waals surface area (Å²) in [6, 6.07) is 17.1. The van der Waals surface area contributed by atoms with Crippen molar-refractivity contribution in [2.75, 3.05) is 11.9 Å². The summed E-state index contributed by atoms with van der Waals surface area (Å²) in [5.74, 6) is 6.64. The Morgan fingerprint density at radius 1 is 1.15 bits per heavy atom. The maximum Gasteiger partial charge on any atom is 0.243 e. The first kappa shape index (κ1) is 18.8. The molecule has 0 aliphatic heterocycles. The number of amidine groups is 1. The molecule has 2 aromatic carbocycles. The number of halogens is 1. The van der Waals surface area contributed by atoms with Crippen molar-refractivity contribution in [3.8, 4) is 11.3 Å². The Kier molecular flexibility index (Phi) is 6.30. The molecule has 0 fully saturated rings. The van der Waals surface area contributed by atoms with E-state index in [1.165, 1.54) is 0 Å². The lowest BCUT2D eigenvalue weighted by molar-refractivity contribution is 0.762. The van der Waals surface area contributed by atoms with Gasteiger partial charge in [0.15, 0.2) is 0 Å². The smallest absolute Gasteiger partial charge is 0.243 e. The third-order valence-corrected chi connectivity index (χ3v) is 4.13. The number of nitrogens with one attached hydrogen (secondary N) is 2. The van der Waals surface area contributed by atoms with E-state index in [1.54, 1.807) is 6.20 Å². The lowest BCUT2D eigenvalue weighted by atomic mass is 10.2. The Labute approximate surface area is 162 Å². The van der Waals surface area contributed by atoms with Crippen LogP contribution in [0.3, 0.4) is 0 Å². The van der Waals surface area contributed by atoms with Gasteiger partial charge in [0.05, 0.1) is 23.0 Å². The molecule has 1 heterocycles. The normalized spacial score (nSPS) is 12.5. The number of hydrazine groups is 1. The van der Waals surface area contributed by atoms with Crippen molar-refractivity contribution in [1.82, 2.24) is 20.6 Å². The third-order valence-electron chi connectivity index (χ3n) is 3.80. The van der Waals surface area contributed by atoms with Crippen LogP contribution in [0, 0.1) is 0 Å². The van der Waals surface area contributed by atoms with Crippen LogP contribution in [-0.2, 0) is 0 Å². The fourth-order valence-electron chi connectivity index (χ4n) is 2.47. The van der Waals surface area contributed by atoms with Crippen LogP contribution in [-0.4, -0.2) is 33.6 Å². The van der Waals surface area contributed by atoms with Crippen LogP contribution in [0.4, 0.5) is 5.95 Å². The van der Waals surface area contributed by atoms with Gasteiger partial charge >= 0.3 is 0 Å². The second-order valence-electron chi connectivity index (χ2n) is 5.86. The van der Waals surface area contributed by atoms with Crippen LogP contribution >= 0.6 is 11.6 Å². The second kappa shape index (κ2) is 9.07. The fourth-order valence-corrected chi connectivity index (χ4v) is 2.71. The molecule has 3 rings (SSSR count). The van der Waals surface area contributed by atoms with E-state index in [9.17, 15) is 0 Å². The maximum atomic E-state index is 6.22. The molecule has 138 valence electrons. The van der Waals surface area contributed by atoms with Gasteiger partial charge in [-0.3, -0.25) is 4.99 Å². The molecular weight excluding hydrogens is 362 g/mol. The van der Waals surface area contributed by atoms with Gasteiger partial charge in [0.2, 0.25) is 5.95 Å². The van der Waals surface area contributed by atoms with Crippen LogP contribution in [0.15, 0.2) is 65.8 Å². The molecule has 0 aliphatic carbocycles. The molecule has 0 saturated heterocycles. The summed E-state index contributed by atoms with van der Waals surface area (Å²) in [7, 11) is 0. The minimum atomic E-state index is -0.0659. The summed E-state index contributed by atoms with van der Waals surface area (Å²) in [5.41, 5.74) is 5.03. The molecule has 27 heavy (non-hydrogen) atoms. The number of nitrogens with two attached hydrogens (primary N) is 1. The monoisotopic (exact) mass is 381 g/mol. The molecule has 3 aromatic rings. The molecule has 0 amide bonds. The van der Waals surface area contributed by atoms with Gasteiger partial charge in [0, 0.05) is 17.7 Å². The van der Waals surface area contributed by atoms with Crippen LogP contribution < -0.4 is 16.6 Å². The lowest BCUT2D eigenvalue weighted by Crippen LogP contribution is -2.33. The first-order valence-corrected chi connectivity index (χ1v) is 8.83. The highest BCUT2D eigenvalue weighted by Crippen LogP contribution is 2.25. The topological polar surface area (TPSA) is 101 Å². The SMILES string of the molecule is CC(CNc1nncc(-c2ccccc2Cl)n1)N=C(NN)c1ccccc1. The average Bonchev–Trinajstić information content (AvgIpc) is 2.71. The Bertz CT molecular complexity index is 915. The summed E-state index contributed by atoms with van der Waals surface area (Å²) in [5, 5.41) is 11.8. The quantitative estimate of drug-likeness (QED) is 0.262. The number of rotatable bonds is 6. The van der Waals surface area contributed by atoms with E-state index < -0.39 is 0 Å². The van der Waals surface area contributed by atoms with Crippen LogP contribution in [0.25, 0.3) is 11.3 Å². The van der Waals surface area contributed by atoms with Crippen LogP contribution in [0.2, 0.25) is 5.02 Å². The molecule has 0 radical (unpaired) electrons. The van der Waals surface area contributed by atoms with Crippen molar-refractivity contribution < 1.29 is 0 Å². The van der Waals surface area contributed by atoms with E-state index in [2.05, 4.69) is 30.9 Å². The van der Waals surface area contributed by atoms with Gasteiger partial charge in [-0.2, -0.15) is 5.10 Å². The van der Waals surface area contributed by atoms with Crippen molar-refractivity contribution in [3.63, 3.8) is 0 Å². The first-order chi connectivity index (χ1) is 13.2. The van der Waals surface area contributed by atoms with E-state index in [1.807, 2.05) is 61.5 Å². The van der Waals surface area contributed by atoms with Crippen LogP contribution in [0.1, 0.15) is 12.5 Å². The number of hydrogen-bond acceptors (Lipinski definition) is 6. The first-order valence-electron chi connectivity index (χ1n) is 8.45. The fraction of sp³-hybridized carbons (Fsp3) is 0.158. The van der Waals surface area contributed by atoms with E-state index in [4.69, 9.17) is 17.4 Å². The zero-order valence-corrected chi connectivity index (χ0v) is 15.6. The summed E-state index contributed by atoms with van der Waals surface area (Å²) in [6.45, 7) is 2.49. The van der Waals surface area contributed by atoms with Gasteiger partial charge in [-0.15, -0.1) is 5.10 Å². The molecule has 0 aliphatic rings. The highest BCUT2D eigenvalue weighted by Gasteiger charge is 2.09. The summed E-state index contributed by atoms with van der Waals surface area (Å²) in [4.78, 5) is 9.07. The number of anilines is 1. The van der Waals surface area contributed by atoms with Gasteiger partial charge in [0.25, 0.3) is 0 Å². The highest BCUT2D eigenvalue weighted by molar-refractivity contribution is 6.33. The predicted molar refractivity (Wildman–Crippen MR) is 109 cm³/mol. The Morgan fingerprint density at radius 2 is 1.89 bits per heavy atom. The number of hydrogen-bond donors (Lipinski definition) is 3. The molecule has 0 spiro atoms. The van der Waals surface area contributed by atoms with Crippen molar-refractivity contribution in [3.05, 3.63) is 71.4 Å². The summed E-state index contributed by atoms with van der Waals surface area (Å²) in [6.07, 6.45) is 1.58. The maximum absolute atomic E-state index is 6.22. The molecule has 1 atom stereocenters. The molecule has 1 unspecified atom stereocenters. The van der Waals surface area contributed by atoms with Gasteiger partial charge in [-0.1, -0.05) is 60.1 Å². The number of benzene rings is 2. The minimum Gasteiger partial charge on any atom is -0.351 e. The van der Waals surface area contributed by atoms with Crippen molar-refractivity contribution in [1.29, 1.82) is 0 Å². The van der Waals surface area contributed by atoms with E-state index in [0.717, 1.165) is 11.1 Å². The van der Waals surface area contributed by atoms with Gasteiger partial charge in [0.1, 0.15) is 5.84 Å². The van der Waals surface area contributed by atoms with Gasteiger partial charge < -0.3 is 10.7 Å². The molecule has 1 aromatic heterocycles. The molecule has 7 nitrogen and oxygen atoms in total.